The Hall–Kier alpha value is -8.20. The number of hydrogen-bond donors (Lipinski definition) is 3. The fraction of sp³-hybridized carbons (Fsp3) is 0.318. The molecule has 0 amide bonds. The Morgan fingerprint density at radius 1 is 0.442 bits per heavy atom. The summed E-state index contributed by atoms with van der Waals surface area (Å²) in [5.41, 5.74) is 0.871. The average molecular weight is 1380 g/mol. The maximum Gasteiger partial charge on any atom is 0.475 e. The van der Waals surface area contributed by atoms with Crippen molar-refractivity contribution in [2.45, 2.75) is 74.8 Å². The maximum atomic E-state index is 16.1. The molecule has 9 aromatic rings. The van der Waals surface area contributed by atoms with Gasteiger partial charge in [-0.1, -0.05) is 53.0 Å². The fourth-order valence-corrected chi connectivity index (χ4v) is 12.9. The normalized spacial score (nSPS) is 16.6. The molecular formula is C66H63Cl3F3N12O10P. The molecule has 3 unspecified atom stereocenters. The SMILES string of the molecule is O=c1cc(-c2ccnc(NC3CCOCC3)n2)ccn1C(COP(=O)(OCC(c1ccc(Cl)c(F)c1)n1ccc(-c2ccnc(NC3CCOCC3)n2)cc1=O)OCC(c1ccc(Cl)c(F)c1)n1ccc(-c2ccnc(NC3CCOCC3)n2)cc1=O)c1ccc(Cl)c(F)c1. The van der Waals surface area contributed by atoms with E-state index in [0.717, 1.165) is 56.7 Å². The summed E-state index contributed by atoms with van der Waals surface area (Å²) in [7, 11) is -5.25. The van der Waals surface area contributed by atoms with Gasteiger partial charge in [-0.05, 0) is 128 Å². The molecule has 3 aliphatic rings. The van der Waals surface area contributed by atoms with Gasteiger partial charge < -0.3 is 43.9 Å². The first-order chi connectivity index (χ1) is 46.1. The number of nitrogens with one attached hydrogen (secondary N) is 3. The largest absolute Gasteiger partial charge is 0.475 e. The smallest absolute Gasteiger partial charge is 0.381 e. The quantitative estimate of drug-likeness (QED) is 0.0475. The molecule has 12 rings (SSSR count). The van der Waals surface area contributed by atoms with E-state index < -0.39 is 79.9 Å². The summed E-state index contributed by atoms with van der Waals surface area (Å²) in [6.07, 6.45) is 13.5. The minimum Gasteiger partial charge on any atom is -0.381 e. The van der Waals surface area contributed by atoms with Gasteiger partial charge in [0.25, 0.3) is 16.7 Å². The second-order valence-corrected chi connectivity index (χ2v) is 25.7. The minimum atomic E-state index is -5.25. The van der Waals surface area contributed by atoms with Crippen molar-refractivity contribution < 1.29 is 45.5 Å². The number of anilines is 3. The van der Waals surface area contributed by atoms with Gasteiger partial charge in [0.1, 0.15) is 17.5 Å². The predicted molar refractivity (Wildman–Crippen MR) is 352 cm³/mol. The molecule has 0 radical (unpaired) electrons. The highest BCUT2D eigenvalue weighted by atomic mass is 35.5. The molecule has 0 spiro atoms. The summed E-state index contributed by atoms with van der Waals surface area (Å²) in [6, 6.07) is 21.3. The van der Waals surface area contributed by atoms with E-state index >= 15 is 17.7 Å². The molecule has 0 aliphatic carbocycles. The Morgan fingerprint density at radius 3 is 0.989 bits per heavy atom. The van der Waals surface area contributed by atoms with Crippen molar-refractivity contribution in [1.29, 1.82) is 0 Å². The molecule has 9 heterocycles. The van der Waals surface area contributed by atoms with Crippen LogP contribution in [0.2, 0.25) is 15.1 Å². The highest BCUT2D eigenvalue weighted by Gasteiger charge is 2.35. The maximum absolute atomic E-state index is 16.1. The Kier molecular flexibility index (Phi) is 21.6. The van der Waals surface area contributed by atoms with Gasteiger partial charge in [0, 0.05) is 130 Å². The van der Waals surface area contributed by atoms with Gasteiger partial charge in [-0.2, -0.15) is 0 Å². The third-order valence-electron chi connectivity index (χ3n) is 16.5. The molecule has 3 atom stereocenters. The van der Waals surface area contributed by atoms with Gasteiger partial charge in [-0.15, -0.1) is 0 Å². The number of benzene rings is 3. The van der Waals surface area contributed by atoms with Gasteiger partial charge in [-0.25, -0.2) is 47.6 Å². The molecule has 95 heavy (non-hydrogen) atoms. The molecule has 3 saturated heterocycles. The number of nitrogens with zero attached hydrogens (tertiary/aromatic N) is 9. The van der Waals surface area contributed by atoms with E-state index in [1.165, 1.54) is 86.9 Å². The molecule has 3 fully saturated rings. The van der Waals surface area contributed by atoms with Gasteiger partial charge >= 0.3 is 7.82 Å². The van der Waals surface area contributed by atoms with Crippen molar-refractivity contribution in [3.05, 3.63) is 227 Å². The van der Waals surface area contributed by atoms with Crippen LogP contribution in [0, 0.1) is 17.5 Å². The molecule has 6 aromatic heterocycles. The van der Waals surface area contributed by atoms with Gasteiger partial charge in [0.2, 0.25) is 17.8 Å². The number of rotatable bonds is 24. The van der Waals surface area contributed by atoms with Crippen molar-refractivity contribution in [3.63, 3.8) is 0 Å². The van der Waals surface area contributed by atoms with E-state index in [1.807, 2.05) is 0 Å². The van der Waals surface area contributed by atoms with E-state index in [-0.39, 0.29) is 49.9 Å². The zero-order valence-corrected chi connectivity index (χ0v) is 53.9. The molecular weight excluding hydrogens is 1320 g/mol. The van der Waals surface area contributed by atoms with Crippen LogP contribution in [0.15, 0.2) is 161 Å². The summed E-state index contributed by atoms with van der Waals surface area (Å²) in [4.78, 5) is 70.9. The second-order valence-electron chi connectivity index (χ2n) is 22.8. The molecule has 3 aromatic carbocycles. The second kappa shape index (κ2) is 30.7. The summed E-state index contributed by atoms with van der Waals surface area (Å²) in [6.45, 7) is 1.22. The molecule has 3 N–H and O–H groups in total. The Balaban J connectivity index is 0.902. The Morgan fingerprint density at radius 2 is 0.726 bits per heavy atom. The first kappa shape index (κ1) is 66.8. The van der Waals surface area contributed by atoms with Gasteiger partial charge in [0.15, 0.2) is 0 Å². The number of aromatic nitrogens is 9. The van der Waals surface area contributed by atoms with Gasteiger partial charge in [0.05, 0.1) is 70.1 Å². The molecule has 3 aliphatic heterocycles. The highest BCUT2D eigenvalue weighted by Crippen LogP contribution is 2.52. The Labute approximate surface area is 557 Å². The monoisotopic (exact) mass is 1380 g/mol. The van der Waals surface area contributed by atoms with Crippen molar-refractivity contribution in [1.82, 2.24) is 43.6 Å². The van der Waals surface area contributed by atoms with E-state index in [1.54, 1.807) is 55.0 Å². The first-order valence-corrected chi connectivity index (χ1v) is 33.3. The van der Waals surface area contributed by atoms with Crippen LogP contribution in [0.5, 0.6) is 0 Å². The van der Waals surface area contributed by atoms with Crippen LogP contribution in [0.4, 0.5) is 31.0 Å². The highest BCUT2D eigenvalue weighted by molar-refractivity contribution is 7.48. The van der Waals surface area contributed by atoms with Crippen LogP contribution in [-0.2, 0) is 32.3 Å². The van der Waals surface area contributed by atoms with Crippen molar-refractivity contribution in [2.75, 3.05) is 75.4 Å². The lowest BCUT2D eigenvalue weighted by atomic mass is 10.1. The fourth-order valence-electron chi connectivity index (χ4n) is 11.3. The lowest BCUT2D eigenvalue weighted by Gasteiger charge is -2.28. The Bertz CT molecular complexity index is 4010. The molecule has 494 valence electrons. The number of phosphoric ester groups is 1. The summed E-state index contributed by atoms with van der Waals surface area (Å²) in [5.74, 6) is -1.54. The number of halogens is 6. The van der Waals surface area contributed by atoms with Crippen LogP contribution in [0.25, 0.3) is 33.8 Å². The van der Waals surface area contributed by atoms with E-state index in [2.05, 4.69) is 45.9 Å². The van der Waals surface area contributed by atoms with Crippen LogP contribution in [0.1, 0.15) is 73.3 Å². The lowest BCUT2D eigenvalue weighted by molar-refractivity contribution is 0.0900. The number of ether oxygens (including phenoxy) is 3. The molecule has 29 heteroatoms. The zero-order chi connectivity index (χ0) is 66.0. The summed E-state index contributed by atoms with van der Waals surface area (Å²) >= 11 is 18.7. The van der Waals surface area contributed by atoms with E-state index in [4.69, 9.17) is 62.6 Å². The third kappa shape index (κ3) is 16.7. The topological polar surface area (TPSA) is 252 Å². The van der Waals surface area contributed by atoms with Crippen molar-refractivity contribution >= 4 is 60.5 Å². The summed E-state index contributed by atoms with van der Waals surface area (Å²) in [5, 5.41) is 9.28. The van der Waals surface area contributed by atoms with Crippen molar-refractivity contribution in [2.24, 2.45) is 0 Å². The average Bonchev–Trinajstić information content (AvgIpc) is 0.829. The minimum absolute atomic E-state index is 0.0728. The van der Waals surface area contributed by atoms with Crippen LogP contribution in [0.3, 0.4) is 0 Å². The van der Waals surface area contributed by atoms with Crippen molar-refractivity contribution in [3.8, 4) is 33.8 Å². The van der Waals surface area contributed by atoms with Gasteiger partial charge in [-0.3, -0.25) is 28.0 Å². The third-order valence-corrected chi connectivity index (χ3v) is 18.8. The standard InChI is InChI=1S/C66H63Cl3F3N12O10P/c67-49-4-1-43(31-52(49)70)58(82-22-10-40(34-61(82)85)55-7-19-73-64(79-55)76-46-13-25-89-26-14-46)37-92-95(88,93-38-59(44-2-5-50(68)53(71)32-44)83-23-11-41(35-62(83)86)56-8-20-74-65(80-56)77-47-15-27-90-28-16-47)94-39-60(45-3-6-51(69)54(72)33-45)84-24-12-42(36-63(84)87)57-9-21-75-66(81-57)78-48-17-29-91-30-18-48/h1-12,19-24,31-36,46-48,58-60H,13-18,25-30,37-39H2,(H,73,76,79)(H,74,77,80)(H,75,78,81). The molecule has 22 nitrogen and oxygen atoms in total. The number of phosphoric acid groups is 1. The number of pyridine rings is 3. The number of hydrogen-bond acceptors (Lipinski definition) is 19. The van der Waals surface area contributed by atoms with Crippen LogP contribution >= 0.6 is 42.6 Å². The van der Waals surface area contributed by atoms with E-state index in [9.17, 15) is 14.4 Å². The lowest BCUT2D eigenvalue weighted by Crippen LogP contribution is -2.30. The van der Waals surface area contributed by atoms with E-state index in [0.29, 0.717) is 91.3 Å². The first-order valence-electron chi connectivity index (χ1n) is 30.7. The van der Waals surface area contributed by atoms with Crippen LogP contribution < -0.4 is 32.6 Å². The summed E-state index contributed by atoms with van der Waals surface area (Å²) < 4.78 is 102. The zero-order valence-electron chi connectivity index (χ0n) is 50.7. The molecule has 0 bridgehead atoms. The predicted octanol–water partition coefficient (Wildman–Crippen LogP) is 12.0. The molecule has 0 saturated carbocycles. The van der Waals surface area contributed by atoms with Crippen LogP contribution in [-0.4, -0.2) is 121 Å².